The van der Waals surface area contributed by atoms with Gasteiger partial charge in [0.05, 0.1) is 22.3 Å². The van der Waals surface area contributed by atoms with Gasteiger partial charge >= 0.3 is 25.4 Å². The zero-order valence-electron chi connectivity index (χ0n) is 33.7. The number of benzene rings is 6. The van der Waals surface area contributed by atoms with Crippen LogP contribution in [0.5, 0.6) is 23.0 Å². The van der Waals surface area contributed by atoms with Crippen LogP contribution in [0.3, 0.4) is 0 Å². The summed E-state index contributed by atoms with van der Waals surface area (Å²) in [6.45, 7) is 0. The van der Waals surface area contributed by atoms with Crippen molar-refractivity contribution in [3.8, 4) is 67.5 Å². The van der Waals surface area contributed by atoms with Crippen molar-refractivity contribution in [3.63, 3.8) is 0 Å². The Kier molecular flexibility index (Phi) is 12.4. The molecule has 70 heavy (non-hydrogen) atoms. The summed E-state index contributed by atoms with van der Waals surface area (Å²) in [6, 6.07) is 20.4. The number of aromatic nitrogens is 4. The van der Waals surface area contributed by atoms with E-state index in [1.807, 2.05) is 45.2 Å². The second kappa shape index (κ2) is 18.1. The predicted molar refractivity (Wildman–Crippen MR) is 237 cm³/mol. The molecular formula is C44H18F12I2N4O8. The highest BCUT2D eigenvalue weighted by molar-refractivity contribution is 14.1. The summed E-state index contributed by atoms with van der Waals surface area (Å²) in [4.78, 5) is 17.3. The summed E-state index contributed by atoms with van der Waals surface area (Å²) < 4.78 is 189. The first-order valence-corrected chi connectivity index (χ1v) is 21.3. The molecule has 6 aromatic carbocycles. The minimum Gasteiger partial charge on any atom is -0.443 e. The molecule has 12 nitrogen and oxygen atoms in total. The Morgan fingerprint density at radius 1 is 0.343 bits per heavy atom. The number of fused-ring (bicyclic) bond motifs is 4. The zero-order chi connectivity index (χ0) is 49.9. The molecule has 0 unspecified atom stereocenters. The molecule has 4 heterocycles. The fraction of sp³-hybridized carbons (Fsp3) is 0.0909. The zero-order valence-corrected chi connectivity index (χ0v) is 38.1. The minimum atomic E-state index is -4.84. The van der Waals surface area contributed by atoms with Crippen molar-refractivity contribution in [1.29, 1.82) is 0 Å². The van der Waals surface area contributed by atoms with Crippen LogP contribution in [0.2, 0.25) is 0 Å². The highest BCUT2D eigenvalue weighted by Gasteiger charge is 2.34. The molecule has 360 valence electrons. The van der Waals surface area contributed by atoms with Gasteiger partial charge in [-0.3, -0.25) is 0 Å². The van der Waals surface area contributed by atoms with E-state index in [1.165, 1.54) is 61.3 Å². The Morgan fingerprint density at radius 2 is 0.586 bits per heavy atom. The Morgan fingerprint density at radius 3 is 0.829 bits per heavy atom. The molecule has 0 spiro atoms. The van der Waals surface area contributed by atoms with E-state index in [0.717, 1.165) is 48.5 Å². The number of ether oxygens (including phenoxy) is 4. The summed E-state index contributed by atoms with van der Waals surface area (Å²) >= 11 is 3.71. The highest BCUT2D eigenvalue weighted by Crippen LogP contribution is 2.46. The lowest BCUT2D eigenvalue weighted by molar-refractivity contribution is -0.275. The maximum absolute atomic E-state index is 12.6. The summed E-state index contributed by atoms with van der Waals surface area (Å²) in [5.74, 6) is -1.62. The molecular weight excluding hydrogens is 1190 g/mol. The van der Waals surface area contributed by atoms with Gasteiger partial charge in [-0.1, -0.05) is 48.5 Å². The molecule has 4 aromatic heterocycles. The number of alkyl halides is 12. The van der Waals surface area contributed by atoms with E-state index in [9.17, 15) is 52.7 Å². The van der Waals surface area contributed by atoms with Crippen LogP contribution in [0.4, 0.5) is 52.7 Å². The van der Waals surface area contributed by atoms with E-state index in [4.69, 9.17) is 17.7 Å². The van der Waals surface area contributed by atoms with Crippen molar-refractivity contribution in [2.75, 3.05) is 0 Å². The lowest BCUT2D eigenvalue weighted by Crippen LogP contribution is -2.17. The Labute approximate surface area is 407 Å². The van der Waals surface area contributed by atoms with Crippen molar-refractivity contribution >= 4 is 89.6 Å². The Hall–Kier alpha value is -6.98. The molecule has 0 aliphatic carbocycles. The molecule has 10 rings (SSSR count). The van der Waals surface area contributed by atoms with E-state index in [1.54, 1.807) is 0 Å². The van der Waals surface area contributed by atoms with Crippen molar-refractivity contribution in [2.45, 2.75) is 25.4 Å². The van der Waals surface area contributed by atoms with Crippen LogP contribution in [-0.2, 0) is 0 Å². The second-order valence-electron chi connectivity index (χ2n) is 14.1. The third kappa shape index (κ3) is 10.5. The van der Waals surface area contributed by atoms with Gasteiger partial charge in [0.25, 0.3) is 7.79 Å². The van der Waals surface area contributed by atoms with Crippen molar-refractivity contribution < 1.29 is 89.3 Å². The van der Waals surface area contributed by atoms with E-state index in [0.29, 0.717) is 66.6 Å². The Bertz CT molecular complexity index is 3180. The van der Waals surface area contributed by atoms with Gasteiger partial charge in [-0.25, -0.2) is 19.9 Å². The minimum absolute atomic E-state index is 0.251. The molecule has 0 amide bonds. The summed E-state index contributed by atoms with van der Waals surface area (Å²) in [5, 5.41) is 0. The van der Waals surface area contributed by atoms with E-state index >= 15 is 0 Å². The largest absolute Gasteiger partial charge is 0.573 e. The van der Waals surface area contributed by atoms with Gasteiger partial charge in [0.15, 0.2) is 35.1 Å². The van der Waals surface area contributed by atoms with Crippen LogP contribution in [0.25, 0.3) is 88.9 Å². The van der Waals surface area contributed by atoms with Gasteiger partial charge in [0, 0.05) is 45.2 Å². The standard InChI is InChI=1S/C22H8F6I2N2O4.C22H10F6N2O4/c23-21(24,25)35-11-5-1-9(2-6-11)13-15-18(34-19(29)31-15)14(16-17(13)33-20(30)32-16)10-3-7-12(8-4-10)36-22(26,27)28;23-21(24,25)33-13-5-1-11(2-6-13)15-17-20(32-9-29-17)16(18-19(15)31-10-30-18)12-3-7-14(8-4-12)34-22(26,27)28/h1-8H;1-10H. The van der Waals surface area contributed by atoms with Crippen LogP contribution in [0.1, 0.15) is 0 Å². The normalized spacial score (nSPS) is 12.4. The summed E-state index contributed by atoms with van der Waals surface area (Å²) in [7, 11) is 0. The summed E-state index contributed by atoms with van der Waals surface area (Å²) in [6.07, 6.45) is -17.0. The fourth-order valence-corrected chi connectivity index (χ4v) is 8.19. The number of hydrogen-bond donors (Lipinski definition) is 0. The number of rotatable bonds is 8. The molecule has 0 saturated heterocycles. The average molecular weight is 1210 g/mol. The quantitative estimate of drug-likeness (QED) is 0.106. The molecule has 10 aromatic rings. The average Bonchev–Trinajstić information content (AvgIpc) is 4.09. The lowest BCUT2D eigenvalue weighted by atomic mass is 9.96. The van der Waals surface area contributed by atoms with E-state index < -0.39 is 48.4 Å². The van der Waals surface area contributed by atoms with Gasteiger partial charge in [-0.15, -0.1) is 52.7 Å². The van der Waals surface area contributed by atoms with Crippen molar-refractivity contribution in [1.82, 2.24) is 19.9 Å². The number of hydrogen-bond acceptors (Lipinski definition) is 12. The maximum Gasteiger partial charge on any atom is 0.573 e. The van der Waals surface area contributed by atoms with E-state index in [2.05, 4.69) is 38.9 Å². The summed E-state index contributed by atoms with van der Waals surface area (Å²) in [5.41, 5.74) is 5.84. The topological polar surface area (TPSA) is 141 Å². The molecule has 26 heteroatoms. The van der Waals surface area contributed by atoms with Crippen LogP contribution in [0, 0.1) is 7.79 Å². The lowest BCUT2D eigenvalue weighted by Gasteiger charge is -2.12. The second-order valence-corrected chi connectivity index (χ2v) is 16.0. The first-order chi connectivity index (χ1) is 33.0. The molecule has 0 fully saturated rings. The number of oxazole rings is 4. The van der Waals surface area contributed by atoms with Crippen molar-refractivity contribution in [3.05, 3.63) is 118 Å². The number of halogens is 14. The van der Waals surface area contributed by atoms with Gasteiger partial charge in [-0.05, 0) is 70.8 Å². The SMILES string of the molecule is FC(F)(F)Oc1ccc(-c2c3nc(I)oc3c(-c3ccc(OC(F)(F)F)cc3)c3nc(I)oc23)cc1.FC(F)(F)Oc1ccc(-c2c3ncoc3c(-c3ccc(OC(F)(F)F)cc3)c3ncoc23)cc1. The third-order valence-corrected chi connectivity index (χ3v) is 10.6. The first-order valence-electron chi connectivity index (χ1n) is 19.1. The molecule has 0 saturated carbocycles. The first kappa shape index (κ1) is 48.1. The Balaban J connectivity index is 0.000000174. The smallest absolute Gasteiger partial charge is 0.443 e. The van der Waals surface area contributed by atoms with Crippen LogP contribution in [-0.4, -0.2) is 45.4 Å². The van der Waals surface area contributed by atoms with Crippen molar-refractivity contribution in [2.24, 2.45) is 0 Å². The molecule has 0 N–H and O–H groups in total. The molecule has 0 aliphatic rings. The van der Waals surface area contributed by atoms with Gasteiger partial charge in [0.2, 0.25) is 0 Å². The fourth-order valence-electron chi connectivity index (χ4n) is 7.26. The maximum atomic E-state index is 12.6. The molecule has 0 atom stereocenters. The van der Waals surface area contributed by atoms with Crippen LogP contribution < -0.4 is 18.9 Å². The monoisotopic (exact) mass is 1210 g/mol. The molecule has 0 radical (unpaired) electrons. The van der Waals surface area contributed by atoms with Gasteiger partial charge in [0.1, 0.15) is 45.1 Å². The van der Waals surface area contributed by atoms with Gasteiger partial charge < -0.3 is 36.6 Å². The number of nitrogens with zero attached hydrogens (tertiary/aromatic N) is 4. The molecule has 0 bridgehead atoms. The molecule has 0 aliphatic heterocycles. The van der Waals surface area contributed by atoms with E-state index in [-0.39, 0.29) is 30.1 Å². The van der Waals surface area contributed by atoms with Gasteiger partial charge in [-0.2, -0.15) is 0 Å². The predicted octanol–water partition coefficient (Wildman–Crippen LogP) is 15.4. The van der Waals surface area contributed by atoms with Crippen LogP contribution in [0.15, 0.2) is 128 Å². The highest BCUT2D eigenvalue weighted by atomic mass is 127. The van der Waals surface area contributed by atoms with Crippen LogP contribution >= 0.6 is 45.2 Å². The third-order valence-electron chi connectivity index (χ3n) is 9.70.